The Hall–Kier alpha value is -1.54. The summed E-state index contributed by atoms with van der Waals surface area (Å²) in [5.74, 6) is -1.73. The van der Waals surface area contributed by atoms with Crippen molar-refractivity contribution >= 4 is 49.4 Å². The van der Waals surface area contributed by atoms with E-state index in [0.717, 1.165) is 0 Å². The molecule has 1 aliphatic heterocycles. The van der Waals surface area contributed by atoms with E-state index in [1.165, 1.54) is 12.3 Å². The molecular weight excluding hydrogens is 398 g/mol. The number of anilines is 1. The highest BCUT2D eigenvalue weighted by Gasteiger charge is 2.21. The topological polar surface area (TPSA) is 84.9 Å². The number of carbonyl (C=O) groups excluding carboxylic acids is 1. The van der Waals surface area contributed by atoms with Gasteiger partial charge in [-0.1, -0.05) is 15.9 Å². The molecule has 0 aromatic heterocycles. The lowest BCUT2D eigenvalue weighted by molar-refractivity contribution is -0.117. The van der Waals surface area contributed by atoms with E-state index in [-0.39, 0.29) is 23.6 Å². The molecule has 2 N–H and O–H groups in total. The standard InChI is InChI=1S/C12H9Br2NO5/c13-6-3-7(12(17)18)10(8(14)4-6)15-11(16)9-5-19-1-2-20-9/h3-5H,1-2H2,(H,15,16)(H,17,18). The van der Waals surface area contributed by atoms with Crippen molar-refractivity contribution in [3.8, 4) is 0 Å². The Morgan fingerprint density at radius 3 is 2.60 bits per heavy atom. The van der Waals surface area contributed by atoms with Gasteiger partial charge in [-0.25, -0.2) is 4.79 Å². The van der Waals surface area contributed by atoms with Crippen LogP contribution in [0.4, 0.5) is 5.69 Å². The van der Waals surface area contributed by atoms with Gasteiger partial charge in [0.2, 0.25) is 5.76 Å². The lowest BCUT2D eigenvalue weighted by Gasteiger charge is -2.16. The van der Waals surface area contributed by atoms with Gasteiger partial charge >= 0.3 is 5.97 Å². The van der Waals surface area contributed by atoms with Crippen LogP contribution in [0, 0.1) is 0 Å². The van der Waals surface area contributed by atoms with Gasteiger partial charge in [-0.15, -0.1) is 0 Å². The number of carbonyl (C=O) groups is 2. The third kappa shape index (κ3) is 3.31. The number of amides is 1. The normalized spacial score (nSPS) is 13.8. The molecule has 0 spiro atoms. The number of halogens is 2. The van der Waals surface area contributed by atoms with Gasteiger partial charge in [0.15, 0.2) is 0 Å². The van der Waals surface area contributed by atoms with E-state index < -0.39 is 11.9 Å². The highest BCUT2D eigenvalue weighted by molar-refractivity contribution is 9.11. The highest BCUT2D eigenvalue weighted by atomic mass is 79.9. The fourth-order valence-electron chi connectivity index (χ4n) is 1.53. The molecule has 0 saturated carbocycles. The van der Waals surface area contributed by atoms with Crippen LogP contribution in [0.3, 0.4) is 0 Å². The van der Waals surface area contributed by atoms with Crippen molar-refractivity contribution in [3.05, 3.63) is 38.7 Å². The largest absolute Gasteiger partial charge is 0.494 e. The zero-order chi connectivity index (χ0) is 14.7. The number of carboxylic acids is 1. The molecule has 1 amide bonds. The first-order chi connectivity index (χ1) is 9.49. The Balaban J connectivity index is 2.31. The second-order valence-electron chi connectivity index (χ2n) is 3.77. The van der Waals surface area contributed by atoms with Crippen molar-refractivity contribution < 1.29 is 24.2 Å². The average molecular weight is 407 g/mol. The zero-order valence-electron chi connectivity index (χ0n) is 9.98. The third-order valence-electron chi connectivity index (χ3n) is 2.40. The molecule has 2 rings (SSSR count). The minimum absolute atomic E-state index is 0.00223. The maximum absolute atomic E-state index is 12.0. The Morgan fingerprint density at radius 1 is 1.25 bits per heavy atom. The van der Waals surface area contributed by atoms with E-state index in [9.17, 15) is 14.7 Å². The van der Waals surface area contributed by atoms with E-state index in [1.807, 2.05) is 0 Å². The predicted octanol–water partition coefficient (Wildman–Crippen LogP) is 2.74. The van der Waals surface area contributed by atoms with Crippen molar-refractivity contribution in [3.63, 3.8) is 0 Å². The quantitative estimate of drug-likeness (QED) is 0.806. The number of aromatic carboxylic acids is 1. The first kappa shape index (κ1) is 14.9. The summed E-state index contributed by atoms with van der Waals surface area (Å²) in [4.78, 5) is 23.2. The zero-order valence-corrected chi connectivity index (χ0v) is 13.2. The Morgan fingerprint density at radius 2 is 2.00 bits per heavy atom. The van der Waals surface area contributed by atoms with Gasteiger partial charge in [0.25, 0.3) is 5.91 Å². The first-order valence-corrected chi connectivity index (χ1v) is 7.06. The van der Waals surface area contributed by atoms with E-state index in [4.69, 9.17) is 9.47 Å². The Bertz CT molecular complexity index is 600. The van der Waals surface area contributed by atoms with Gasteiger partial charge in [0.1, 0.15) is 19.5 Å². The predicted molar refractivity (Wildman–Crippen MR) is 77.4 cm³/mol. The summed E-state index contributed by atoms with van der Waals surface area (Å²) in [6.45, 7) is 0.645. The second kappa shape index (κ2) is 6.27. The van der Waals surface area contributed by atoms with Gasteiger partial charge in [-0.05, 0) is 28.1 Å². The van der Waals surface area contributed by atoms with Crippen molar-refractivity contribution in [1.29, 1.82) is 0 Å². The van der Waals surface area contributed by atoms with Crippen LogP contribution >= 0.6 is 31.9 Å². The van der Waals surface area contributed by atoms with E-state index in [0.29, 0.717) is 15.6 Å². The molecule has 0 fully saturated rings. The summed E-state index contributed by atoms with van der Waals surface area (Å²) < 4.78 is 11.1. The smallest absolute Gasteiger partial charge is 0.337 e. The molecule has 1 aromatic carbocycles. The summed E-state index contributed by atoms with van der Waals surface area (Å²) in [5, 5.41) is 11.7. The fraction of sp³-hybridized carbons (Fsp3) is 0.167. The minimum Gasteiger partial charge on any atom is -0.494 e. The Labute approximate surface area is 131 Å². The van der Waals surface area contributed by atoms with Crippen LogP contribution in [0.15, 0.2) is 33.1 Å². The van der Waals surface area contributed by atoms with Crippen LogP contribution < -0.4 is 5.32 Å². The molecule has 6 nitrogen and oxygen atoms in total. The molecule has 0 unspecified atom stereocenters. The van der Waals surface area contributed by atoms with Crippen molar-refractivity contribution in [2.24, 2.45) is 0 Å². The van der Waals surface area contributed by atoms with E-state index in [2.05, 4.69) is 37.2 Å². The molecule has 0 aliphatic carbocycles. The molecule has 0 radical (unpaired) electrons. The van der Waals surface area contributed by atoms with Crippen molar-refractivity contribution in [2.75, 3.05) is 18.5 Å². The molecule has 20 heavy (non-hydrogen) atoms. The molecule has 1 aliphatic rings. The first-order valence-electron chi connectivity index (χ1n) is 5.47. The number of benzene rings is 1. The SMILES string of the molecule is O=C(Nc1c(Br)cc(Br)cc1C(=O)O)C1=COCCO1. The lowest BCUT2D eigenvalue weighted by atomic mass is 10.2. The second-order valence-corrected chi connectivity index (χ2v) is 5.54. The summed E-state index contributed by atoms with van der Waals surface area (Å²) in [5.41, 5.74) is 0.109. The van der Waals surface area contributed by atoms with Crippen LogP contribution in [0.25, 0.3) is 0 Å². The average Bonchev–Trinajstić information content (AvgIpc) is 2.42. The molecule has 0 saturated heterocycles. The maximum atomic E-state index is 12.0. The molecule has 1 heterocycles. The fourth-order valence-corrected chi connectivity index (χ4v) is 2.86. The number of nitrogens with one attached hydrogen (secondary N) is 1. The van der Waals surface area contributed by atoms with Crippen molar-refractivity contribution in [2.45, 2.75) is 0 Å². The van der Waals surface area contributed by atoms with Crippen molar-refractivity contribution in [1.82, 2.24) is 0 Å². The van der Waals surface area contributed by atoms with Gasteiger partial charge in [-0.3, -0.25) is 4.79 Å². The summed E-state index contributed by atoms with van der Waals surface area (Å²) in [6.07, 6.45) is 1.20. The van der Waals surface area contributed by atoms with Gasteiger partial charge in [0, 0.05) is 8.95 Å². The lowest BCUT2D eigenvalue weighted by Crippen LogP contribution is -2.22. The monoisotopic (exact) mass is 405 g/mol. The summed E-state index contributed by atoms with van der Waals surface area (Å²) in [7, 11) is 0. The molecule has 106 valence electrons. The van der Waals surface area contributed by atoms with Crippen LogP contribution in [0.5, 0.6) is 0 Å². The number of carboxylic acid groups (broad SMARTS) is 1. The third-order valence-corrected chi connectivity index (χ3v) is 3.48. The van der Waals surface area contributed by atoms with Crippen LogP contribution in [0.2, 0.25) is 0 Å². The number of ether oxygens (including phenoxy) is 2. The van der Waals surface area contributed by atoms with Gasteiger partial charge in [-0.2, -0.15) is 0 Å². The van der Waals surface area contributed by atoms with E-state index >= 15 is 0 Å². The van der Waals surface area contributed by atoms with E-state index in [1.54, 1.807) is 6.07 Å². The number of hydrogen-bond donors (Lipinski definition) is 2. The summed E-state index contributed by atoms with van der Waals surface area (Å²) in [6, 6.07) is 3.03. The molecule has 0 bridgehead atoms. The van der Waals surface area contributed by atoms with Gasteiger partial charge < -0.3 is 19.9 Å². The minimum atomic E-state index is -1.16. The number of rotatable bonds is 3. The summed E-state index contributed by atoms with van der Waals surface area (Å²) >= 11 is 6.42. The maximum Gasteiger partial charge on any atom is 0.337 e. The molecule has 0 atom stereocenters. The highest BCUT2D eigenvalue weighted by Crippen LogP contribution is 2.31. The molecular formula is C12H9Br2NO5. The number of hydrogen-bond acceptors (Lipinski definition) is 4. The van der Waals surface area contributed by atoms with Crippen LogP contribution in [-0.2, 0) is 14.3 Å². The van der Waals surface area contributed by atoms with Crippen LogP contribution in [-0.4, -0.2) is 30.2 Å². The Kier molecular flexibility index (Phi) is 4.66. The molecule has 1 aromatic rings. The van der Waals surface area contributed by atoms with Crippen LogP contribution in [0.1, 0.15) is 10.4 Å². The van der Waals surface area contributed by atoms with Gasteiger partial charge in [0.05, 0.1) is 11.3 Å². The molecule has 8 heteroatoms.